The molecule has 190 valence electrons. The molecule has 0 spiro atoms. The SMILES string of the molecule is CN(C)[C@@H]1C(=O)C(C(=O)NCO)=C(O)[C@@]2(O)C(=O)C3=C(O)c4c(O)ccc(Cl)c4[C@@](C)(O)C3C[C@@H]12.[H-].[Na+]. The van der Waals surface area contributed by atoms with Crippen LogP contribution in [0.1, 0.15) is 25.9 Å². The van der Waals surface area contributed by atoms with E-state index in [1.807, 2.05) is 5.32 Å². The fourth-order valence-electron chi connectivity index (χ4n) is 5.72. The topological polar surface area (TPSA) is 188 Å². The first-order chi connectivity index (χ1) is 16.2. The molecular formula is C23H26ClN2NaO9. The number of amides is 1. The van der Waals surface area contributed by atoms with Crippen LogP contribution in [0.15, 0.2) is 29.0 Å². The maximum atomic E-state index is 13.8. The second-order valence-corrected chi connectivity index (χ2v) is 9.78. The van der Waals surface area contributed by atoms with Crippen molar-refractivity contribution < 1.29 is 76.0 Å². The predicted molar refractivity (Wildman–Crippen MR) is 122 cm³/mol. The first-order valence-electron chi connectivity index (χ1n) is 10.7. The third-order valence-electron chi connectivity index (χ3n) is 7.29. The Morgan fingerprint density at radius 1 is 1.22 bits per heavy atom. The largest absolute Gasteiger partial charge is 1.00 e. The summed E-state index contributed by atoms with van der Waals surface area (Å²) in [5.41, 5.74) is -6.49. The predicted octanol–water partition coefficient (Wildman–Crippen LogP) is -3.02. The number of phenolic OH excluding ortho intramolecular Hbond substituents is 1. The molecule has 0 aromatic heterocycles. The van der Waals surface area contributed by atoms with E-state index in [0.717, 1.165) is 6.07 Å². The molecule has 11 nitrogen and oxygen atoms in total. The molecule has 0 saturated heterocycles. The zero-order chi connectivity index (χ0) is 26.2. The van der Waals surface area contributed by atoms with Gasteiger partial charge in [0.1, 0.15) is 29.6 Å². The first kappa shape index (κ1) is 28.6. The summed E-state index contributed by atoms with van der Waals surface area (Å²) in [6.45, 7) is 0.454. The Bertz CT molecular complexity index is 1250. The number of benzene rings is 1. The van der Waals surface area contributed by atoms with Crippen molar-refractivity contribution in [2.75, 3.05) is 20.8 Å². The Balaban J connectivity index is 0.00000241. The van der Waals surface area contributed by atoms with Gasteiger partial charge in [0.2, 0.25) is 5.78 Å². The fraction of sp³-hybridized carbons (Fsp3) is 0.435. The molecule has 4 rings (SSSR count). The third-order valence-corrected chi connectivity index (χ3v) is 7.61. The molecule has 3 aliphatic rings. The maximum Gasteiger partial charge on any atom is 1.00 e. The summed E-state index contributed by atoms with van der Waals surface area (Å²) < 4.78 is 0. The van der Waals surface area contributed by atoms with Crippen LogP contribution in [-0.4, -0.2) is 85.5 Å². The number of aliphatic hydroxyl groups is 5. The number of rotatable bonds is 3. The van der Waals surface area contributed by atoms with Crippen molar-refractivity contribution in [2.24, 2.45) is 11.8 Å². The van der Waals surface area contributed by atoms with Crippen LogP contribution in [0.3, 0.4) is 0 Å². The van der Waals surface area contributed by atoms with Crippen molar-refractivity contribution in [1.29, 1.82) is 0 Å². The smallest absolute Gasteiger partial charge is 1.00 e. The minimum Gasteiger partial charge on any atom is -1.00 e. The van der Waals surface area contributed by atoms with E-state index in [2.05, 4.69) is 0 Å². The van der Waals surface area contributed by atoms with E-state index < -0.39 is 81.7 Å². The number of halogens is 1. The third kappa shape index (κ3) is 3.64. The van der Waals surface area contributed by atoms with E-state index in [1.165, 1.54) is 32.0 Å². The number of nitrogens with one attached hydrogen (secondary N) is 1. The van der Waals surface area contributed by atoms with Crippen molar-refractivity contribution in [3.05, 3.63) is 45.2 Å². The molecule has 1 unspecified atom stereocenters. The van der Waals surface area contributed by atoms with Gasteiger partial charge in [-0.2, -0.15) is 0 Å². The number of ketones is 2. The second kappa shape index (κ2) is 9.41. The quantitative estimate of drug-likeness (QED) is 0.120. The minimum atomic E-state index is -2.83. The van der Waals surface area contributed by atoms with Gasteiger partial charge < -0.3 is 37.4 Å². The van der Waals surface area contributed by atoms with Crippen LogP contribution in [0, 0.1) is 11.8 Å². The summed E-state index contributed by atoms with van der Waals surface area (Å²) >= 11 is 6.29. The number of phenols is 1. The monoisotopic (exact) mass is 532 g/mol. The van der Waals surface area contributed by atoms with Crippen LogP contribution in [0.2, 0.25) is 5.02 Å². The molecule has 1 aromatic rings. The van der Waals surface area contributed by atoms with Gasteiger partial charge in [-0.1, -0.05) is 11.6 Å². The standard InChI is InChI=1S/C23H25ClN2O9.Na.H/c1-22(34)8-6-9-16(26(2)3)18(30)14(21(33)25-7-27)20(32)23(9,35)19(31)12(8)17(29)13-11(28)5-4-10(24)15(13)22;;/h4-5,8-9,16,27-29,32,34-35H,6-7H2,1-3H3,(H,25,33);;/q;+1;-1/t8?,9-,16-,22-,23-;;/m0../s1. The van der Waals surface area contributed by atoms with Crippen molar-refractivity contribution in [1.82, 2.24) is 10.2 Å². The zero-order valence-electron chi connectivity index (χ0n) is 21.0. The fourth-order valence-corrected chi connectivity index (χ4v) is 6.07. The van der Waals surface area contributed by atoms with E-state index in [0.29, 0.717) is 0 Å². The van der Waals surface area contributed by atoms with Crippen LogP contribution in [0.4, 0.5) is 0 Å². The van der Waals surface area contributed by atoms with Crippen LogP contribution in [-0.2, 0) is 20.0 Å². The molecule has 5 atom stereocenters. The van der Waals surface area contributed by atoms with E-state index in [1.54, 1.807) is 0 Å². The number of fused-ring (bicyclic) bond motifs is 3. The van der Waals surface area contributed by atoms with Gasteiger partial charge in [-0.05, 0) is 39.6 Å². The zero-order valence-corrected chi connectivity index (χ0v) is 22.8. The molecule has 1 amide bonds. The number of likely N-dealkylation sites (N-methyl/N-ethyl adjacent to an activating group) is 1. The van der Waals surface area contributed by atoms with Gasteiger partial charge in [0, 0.05) is 28.0 Å². The van der Waals surface area contributed by atoms with Crippen LogP contribution >= 0.6 is 11.6 Å². The molecule has 1 aromatic carbocycles. The average Bonchev–Trinajstić information content (AvgIpc) is 2.76. The molecular weight excluding hydrogens is 507 g/mol. The Kier molecular flexibility index (Phi) is 7.48. The average molecular weight is 533 g/mol. The number of aliphatic hydroxyl groups excluding tert-OH is 3. The van der Waals surface area contributed by atoms with Crippen molar-refractivity contribution in [2.45, 2.75) is 30.6 Å². The van der Waals surface area contributed by atoms with Gasteiger partial charge in [0.25, 0.3) is 5.91 Å². The number of hydrogen-bond donors (Lipinski definition) is 7. The van der Waals surface area contributed by atoms with Gasteiger partial charge >= 0.3 is 29.6 Å². The molecule has 0 radical (unpaired) electrons. The maximum absolute atomic E-state index is 13.8. The molecule has 0 aliphatic heterocycles. The Labute approximate surface area is 234 Å². The first-order valence-corrected chi connectivity index (χ1v) is 11.1. The molecule has 13 heteroatoms. The van der Waals surface area contributed by atoms with E-state index in [4.69, 9.17) is 16.7 Å². The van der Waals surface area contributed by atoms with Gasteiger partial charge in [0.05, 0.1) is 17.2 Å². The summed E-state index contributed by atoms with van der Waals surface area (Å²) in [5, 5.41) is 66.7. The van der Waals surface area contributed by atoms with Crippen molar-refractivity contribution >= 4 is 34.8 Å². The molecule has 3 aliphatic carbocycles. The number of carbonyl (C=O) groups excluding carboxylic acids is 3. The van der Waals surface area contributed by atoms with E-state index in [-0.39, 0.29) is 53.6 Å². The van der Waals surface area contributed by atoms with Crippen molar-refractivity contribution in [3.63, 3.8) is 0 Å². The summed E-state index contributed by atoms with van der Waals surface area (Å²) in [4.78, 5) is 41.0. The summed E-state index contributed by atoms with van der Waals surface area (Å²) in [5.74, 6) is -8.33. The molecule has 0 bridgehead atoms. The summed E-state index contributed by atoms with van der Waals surface area (Å²) in [7, 11) is 2.95. The summed E-state index contributed by atoms with van der Waals surface area (Å²) in [6.07, 6.45) is -0.284. The number of nitrogens with zero attached hydrogens (tertiary/aromatic N) is 1. The normalized spacial score (nSPS) is 31.5. The summed E-state index contributed by atoms with van der Waals surface area (Å²) in [6, 6.07) is 1.19. The van der Waals surface area contributed by atoms with Crippen LogP contribution in [0.25, 0.3) is 5.76 Å². The second-order valence-electron chi connectivity index (χ2n) is 9.38. The number of aromatic hydroxyl groups is 1. The Morgan fingerprint density at radius 3 is 2.39 bits per heavy atom. The van der Waals surface area contributed by atoms with Crippen LogP contribution < -0.4 is 34.9 Å². The van der Waals surface area contributed by atoms with Crippen molar-refractivity contribution in [3.8, 4) is 5.75 Å². The van der Waals surface area contributed by atoms with Crippen LogP contribution in [0.5, 0.6) is 5.75 Å². The van der Waals surface area contributed by atoms with Gasteiger partial charge in [-0.15, -0.1) is 0 Å². The number of hydrogen-bond acceptors (Lipinski definition) is 10. The molecule has 7 N–H and O–H groups in total. The molecule has 1 saturated carbocycles. The van der Waals surface area contributed by atoms with Gasteiger partial charge in [-0.25, -0.2) is 0 Å². The number of Topliss-reactive ketones (excluding diaryl/α,β-unsaturated/α-hetero) is 2. The molecule has 1 fully saturated rings. The van der Waals surface area contributed by atoms with Gasteiger partial charge in [0.15, 0.2) is 11.4 Å². The van der Waals surface area contributed by atoms with Gasteiger partial charge in [-0.3, -0.25) is 19.3 Å². The number of carbonyl (C=O) groups is 3. The Hall–Kier alpha value is -1.96. The minimum absolute atomic E-state index is 0. The Morgan fingerprint density at radius 2 is 1.83 bits per heavy atom. The van der Waals surface area contributed by atoms with E-state index >= 15 is 0 Å². The molecule has 36 heavy (non-hydrogen) atoms. The molecule has 0 heterocycles. The van der Waals surface area contributed by atoms with E-state index in [9.17, 15) is 39.9 Å².